The van der Waals surface area contributed by atoms with Crippen molar-refractivity contribution in [1.82, 2.24) is 4.98 Å². The van der Waals surface area contributed by atoms with Gasteiger partial charge in [0, 0.05) is 16.5 Å². The number of nitrogens with zero attached hydrogens (tertiary/aromatic N) is 2. The van der Waals surface area contributed by atoms with Crippen LogP contribution < -0.4 is 9.47 Å². The molecule has 0 saturated heterocycles. The van der Waals surface area contributed by atoms with Gasteiger partial charge in [-0.05, 0) is 42.7 Å². The van der Waals surface area contributed by atoms with E-state index < -0.39 is 0 Å². The molecule has 4 nitrogen and oxygen atoms in total. The van der Waals surface area contributed by atoms with Crippen LogP contribution in [0.5, 0.6) is 11.5 Å². The minimum absolute atomic E-state index is 0.493. The van der Waals surface area contributed by atoms with E-state index in [2.05, 4.69) is 37.3 Å². The zero-order valence-corrected chi connectivity index (χ0v) is 17.8. The number of hydrogen-bond acceptors (Lipinski definition) is 5. The summed E-state index contributed by atoms with van der Waals surface area (Å²) in [4.78, 5) is 4.69. The lowest BCUT2D eigenvalue weighted by Crippen LogP contribution is -1.90. The molecule has 0 aliphatic carbocycles. The molecule has 2 aromatic carbocycles. The molecule has 0 saturated carbocycles. The Morgan fingerprint density at radius 3 is 2.59 bits per heavy atom. The Bertz CT molecular complexity index is 1030. The summed E-state index contributed by atoms with van der Waals surface area (Å²) in [7, 11) is 3.22. The highest BCUT2D eigenvalue weighted by Crippen LogP contribution is 2.31. The molecule has 1 aromatic heterocycles. The summed E-state index contributed by atoms with van der Waals surface area (Å²) >= 11 is 1.46. The molecule has 0 atom stereocenters. The SMILES string of the molecule is CCCCc1ccc(-c2csc(/C(C#N)=C/c3cc(OC)ccc3OC)n2)cc1. The highest BCUT2D eigenvalue weighted by molar-refractivity contribution is 7.11. The number of nitriles is 1. The van der Waals surface area contributed by atoms with E-state index in [-0.39, 0.29) is 0 Å². The quantitative estimate of drug-likeness (QED) is 0.417. The molecule has 148 valence electrons. The second-order valence-corrected chi connectivity index (χ2v) is 7.47. The molecule has 0 amide bonds. The van der Waals surface area contributed by atoms with Gasteiger partial charge in [0.1, 0.15) is 22.6 Å². The molecular weight excluding hydrogens is 380 g/mol. The van der Waals surface area contributed by atoms with E-state index in [9.17, 15) is 5.26 Å². The summed E-state index contributed by atoms with van der Waals surface area (Å²) in [6.07, 6.45) is 5.28. The second-order valence-electron chi connectivity index (χ2n) is 6.62. The van der Waals surface area contributed by atoms with E-state index in [1.807, 2.05) is 23.6 Å². The molecule has 1 heterocycles. The van der Waals surface area contributed by atoms with Crippen molar-refractivity contribution in [3.63, 3.8) is 0 Å². The van der Waals surface area contributed by atoms with E-state index in [4.69, 9.17) is 14.5 Å². The van der Waals surface area contributed by atoms with Crippen molar-refractivity contribution in [3.8, 4) is 28.8 Å². The fourth-order valence-corrected chi connectivity index (χ4v) is 3.80. The van der Waals surface area contributed by atoms with Crippen molar-refractivity contribution in [1.29, 1.82) is 5.26 Å². The molecule has 0 spiro atoms. The summed E-state index contributed by atoms with van der Waals surface area (Å²) in [6.45, 7) is 2.20. The average molecular weight is 405 g/mol. The van der Waals surface area contributed by atoms with Crippen molar-refractivity contribution >= 4 is 23.0 Å². The van der Waals surface area contributed by atoms with E-state index in [0.29, 0.717) is 22.1 Å². The van der Waals surface area contributed by atoms with E-state index in [0.717, 1.165) is 23.2 Å². The number of rotatable bonds is 8. The Labute approximate surface area is 176 Å². The number of benzene rings is 2. The Morgan fingerprint density at radius 1 is 1.14 bits per heavy atom. The number of ether oxygens (including phenoxy) is 2. The van der Waals surface area contributed by atoms with E-state index >= 15 is 0 Å². The maximum atomic E-state index is 9.71. The van der Waals surface area contributed by atoms with Crippen LogP contribution in [0, 0.1) is 11.3 Å². The molecule has 5 heteroatoms. The van der Waals surface area contributed by atoms with Gasteiger partial charge in [0.15, 0.2) is 0 Å². The topological polar surface area (TPSA) is 55.1 Å². The number of aryl methyl sites for hydroxylation is 1. The number of hydrogen-bond donors (Lipinski definition) is 0. The molecule has 29 heavy (non-hydrogen) atoms. The van der Waals surface area contributed by atoms with Crippen LogP contribution >= 0.6 is 11.3 Å². The molecule has 3 rings (SSSR count). The van der Waals surface area contributed by atoms with Crippen LogP contribution in [0.1, 0.15) is 35.9 Å². The molecule has 0 unspecified atom stereocenters. The van der Waals surface area contributed by atoms with Crippen LogP contribution in [0.3, 0.4) is 0 Å². The first-order valence-corrected chi connectivity index (χ1v) is 10.5. The number of methoxy groups -OCH3 is 2. The van der Waals surface area contributed by atoms with Crippen molar-refractivity contribution in [2.45, 2.75) is 26.2 Å². The Morgan fingerprint density at radius 2 is 1.93 bits per heavy atom. The molecule has 0 aliphatic heterocycles. The van der Waals surface area contributed by atoms with Gasteiger partial charge in [0.25, 0.3) is 0 Å². The van der Waals surface area contributed by atoms with Gasteiger partial charge in [0.2, 0.25) is 0 Å². The summed E-state index contributed by atoms with van der Waals surface area (Å²) in [5.74, 6) is 1.38. The normalized spacial score (nSPS) is 11.2. The zero-order valence-electron chi connectivity index (χ0n) is 16.9. The fourth-order valence-electron chi connectivity index (χ4n) is 3.00. The lowest BCUT2D eigenvalue weighted by molar-refractivity contribution is 0.402. The minimum Gasteiger partial charge on any atom is -0.497 e. The van der Waals surface area contributed by atoms with Gasteiger partial charge in [-0.3, -0.25) is 0 Å². The summed E-state index contributed by atoms with van der Waals surface area (Å²) in [5.41, 5.74) is 4.55. The van der Waals surface area contributed by atoms with Crippen LogP contribution in [0.2, 0.25) is 0 Å². The molecule has 0 bridgehead atoms. The molecule has 0 radical (unpaired) electrons. The maximum Gasteiger partial charge on any atom is 0.134 e. The highest BCUT2D eigenvalue weighted by Gasteiger charge is 2.11. The fraction of sp³-hybridized carbons (Fsp3) is 0.250. The third kappa shape index (κ3) is 5.04. The average Bonchev–Trinajstić information content (AvgIpc) is 3.26. The summed E-state index contributed by atoms with van der Waals surface area (Å²) in [6, 6.07) is 16.3. The summed E-state index contributed by atoms with van der Waals surface area (Å²) in [5, 5.41) is 12.4. The zero-order chi connectivity index (χ0) is 20.6. The summed E-state index contributed by atoms with van der Waals surface area (Å²) < 4.78 is 10.7. The number of unbranched alkanes of at least 4 members (excludes halogenated alkanes) is 1. The molecule has 0 fully saturated rings. The minimum atomic E-state index is 0.493. The number of thiazole rings is 1. The highest BCUT2D eigenvalue weighted by atomic mass is 32.1. The van der Waals surface area contributed by atoms with Crippen LogP contribution in [0.25, 0.3) is 22.9 Å². The smallest absolute Gasteiger partial charge is 0.134 e. The second kappa shape index (κ2) is 9.90. The standard InChI is InChI=1S/C24H24N2O2S/c1-4-5-6-17-7-9-18(10-8-17)22-16-29-24(26-22)20(15-25)13-19-14-21(27-2)11-12-23(19)28-3/h7-14,16H,4-6H2,1-3H3/b20-13+. The number of aromatic nitrogens is 1. The first-order chi connectivity index (χ1) is 14.2. The Kier molecular flexibility index (Phi) is 7.04. The van der Waals surface area contributed by atoms with Crippen molar-refractivity contribution < 1.29 is 9.47 Å². The Balaban J connectivity index is 1.88. The van der Waals surface area contributed by atoms with Crippen LogP contribution in [0.4, 0.5) is 0 Å². The first-order valence-electron chi connectivity index (χ1n) is 9.57. The van der Waals surface area contributed by atoms with E-state index in [1.165, 1.54) is 29.7 Å². The van der Waals surface area contributed by atoms with Gasteiger partial charge < -0.3 is 9.47 Å². The lowest BCUT2D eigenvalue weighted by Gasteiger charge is -2.07. The number of allylic oxidation sites excluding steroid dienone is 1. The van der Waals surface area contributed by atoms with Crippen LogP contribution in [-0.4, -0.2) is 19.2 Å². The molecule has 3 aromatic rings. The van der Waals surface area contributed by atoms with Crippen LogP contribution in [-0.2, 0) is 6.42 Å². The lowest BCUT2D eigenvalue weighted by atomic mass is 10.1. The van der Waals surface area contributed by atoms with Gasteiger partial charge in [0.05, 0.1) is 25.5 Å². The molecular formula is C24H24N2O2S. The van der Waals surface area contributed by atoms with E-state index in [1.54, 1.807) is 20.3 Å². The third-order valence-corrected chi connectivity index (χ3v) is 5.54. The van der Waals surface area contributed by atoms with Gasteiger partial charge in [-0.1, -0.05) is 37.6 Å². The maximum absolute atomic E-state index is 9.71. The largest absolute Gasteiger partial charge is 0.497 e. The monoisotopic (exact) mass is 404 g/mol. The van der Waals surface area contributed by atoms with Gasteiger partial charge in [-0.15, -0.1) is 11.3 Å². The third-order valence-electron chi connectivity index (χ3n) is 4.66. The van der Waals surface area contributed by atoms with Crippen molar-refractivity contribution in [3.05, 3.63) is 64.0 Å². The van der Waals surface area contributed by atoms with Crippen molar-refractivity contribution in [2.24, 2.45) is 0 Å². The van der Waals surface area contributed by atoms with Gasteiger partial charge in [-0.2, -0.15) is 5.26 Å². The first kappa shape index (κ1) is 20.6. The van der Waals surface area contributed by atoms with Gasteiger partial charge in [-0.25, -0.2) is 4.98 Å². The Hall–Kier alpha value is -3.10. The predicted molar refractivity (Wildman–Crippen MR) is 119 cm³/mol. The van der Waals surface area contributed by atoms with Crippen LogP contribution in [0.15, 0.2) is 47.8 Å². The molecule has 0 aliphatic rings. The van der Waals surface area contributed by atoms with Gasteiger partial charge >= 0.3 is 0 Å². The predicted octanol–water partition coefficient (Wildman–Crippen LogP) is 6.23. The van der Waals surface area contributed by atoms with Crippen molar-refractivity contribution in [2.75, 3.05) is 14.2 Å². The molecule has 0 N–H and O–H groups in total.